The highest BCUT2D eigenvalue weighted by atomic mass is 14.7. The summed E-state index contributed by atoms with van der Waals surface area (Å²) >= 11 is 0. The quantitative estimate of drug-likeness (QED) is 0.710. The summed E-state index contributed by atoms with van der Waals surface area (Å²) in [5.41, 5.74) is 5.87. The van der Waals surface area contributed by atoms with Crippen LogP contribution in [0.25, 0.3) is 6.08 Å². The normalized spacial score (nSPS) is 12.1. The highest BCUT2D eigenvalue weighted by Gasteiger charge is 2.10. The maximum atomic E-state index is 4.52. The smallest absolute Gasteiger partial charge is 0.0724 e. The van der Waals surface area contributed by atoms with Gasteiger partial charge in [0.15, 0.2) is 0 Å². The van der Waals surface area contributed by atoms with E-state index in [0.717, 1.165) is 5.71 Å². The second-order valence-electron chi connectivity index (χ2n) is 4.47. The Morgan fingerprint density at radius 3 is 2.21 bits per heavy atom. The number of rotatable bonds is 3. The minimum atomic E-state index is 1.05. The summed E-state index contributed by atoms with van der Waals surface area (Å²) in [6.45, 7) is 4.16. The van der Waals surface area contributed by atoms with E-state index in [0.29, 0.717) is 0 Å². The van der Waals surface area contributed by atoms with Crippen molar-refractivity contribution in [3.05, 3.63) is 76.9 Å². The van der Waals surface area contributed by atoms with Crippen LogP contribution in [-0.4, -0.2) is 12.8 Å². The fourth-order valence-corrected chi connectivity index (χ4v) is 2.26. The first-order valence-electron chi connectivity index (χ1n) is 6.52. The number of hydrogen-bond acceptors (Lipinski definition) is 1. The number of aryl methyl sites for hydroxylation is 1. The van der Waals surface area contributed by atoms with Crippen LogP contribution in [0.2, 0.25) is 0 Å². The van der Waals surface area contributed by atoms with Crippen LogP contribution in [0.4, 0.5) is 0 Å². The molecule has 0 bridgehead atoms. The zero-order chi connectivity index (χ0) is 13.7. The summed E-state index contributed by atoms with van der Waals surface area (Å²) in [5.74, 6) is 0. The molecule has 2 aromatic rings. The van der Waals surface area contributed by atoms with Gasteiger partial charge in [0.1, 0.15) is 0 Å². The van der Waals surface area contributed by atoms with E-state index in [-0.39, 0.29) is 0 Å². The SMILES string of the molecule is C/C=C\c1ccccc1/C(=N/C)c1ccccc1C. The van der Waals surface area contributed by atoms with Gasteiger partial charge in [0, 0.05) is 18.2 Å². The Morgan fingerprint density at radius 2 is 1.58 bits per heavy atom. The van der Waals surface area contributed by atoms with Crippen LogP contribution in [0.1, 0.15) is 29.2 Å². The topological polar surface area (TPSA) is 12.4 Å². The molecule has 96 valence electrons. The maximum absolute atomic E-state index is 4.52. The van der Waals surface area contributed by atoms with Gasteiger partial charge in [-0.15, -0.1) is 0 Å². The van der Waals surface area contributed by atoms with Crippen LogP contribution in [-0.2, 0) is 0 Å². The fourth-order valence-electron chi connectivity index (χ4n) is 2.26. The molecule has 0 aliphatic carbocycles. The summed E-state index contributed by atoms with van der Waals surface area (Å²) < 4.78 is 0. The molecule has 2 rings (SSSR count). The lowest BCUT2D eigenvalue weighted by Gasteiger charge is -2.12. The lowest BCUT2D eigenvalue weighted by Crippen LogP contribution is -2.07. The van der Waals surface area contributed by atoms with Gasteiger partial charge in [-0.3, -0.25) is 4.99 Å². The van der Waals surface area contributed by atoms with Crippen LogP contribution in [0.15, 0.2) is 59.6 Å². The van der Waals surface area contributed by atoms with Gasteiger partial charge in [-0.05, 0) is 25.0 Å². The van der Waals surface area contributed by atoms with E-state index in [1.165, 1.54) is 22.3 Å². The molecule has 0 spiro atoms. The summed E-state index contributed by atoms with van der Waals surface area (Å²) in [6, 6.07) is 16.7. The van der Waals surface area contributed by atoms with Gasteiger partial charge in [0.2, 0.25) is 0 Å². The lowest BCUT2D eigenvalue weighted by molar-refractivity contribution is 1.37. The van der Waals surface area contributed by atoms with Gasteiger partial charge in [-0.1, -0.05) is 60.7 Å². The Hall–Kier alpha value is -2.15. The first kappa shape index (κ1) is 13.3. The van der Waals surface area contributed by atoms with Gasteiger partial charge in [0.25, 0.3) is 0 Å². The van der Waals surface area contributed by atoms with Crippen LogP contribution in [0.3, 0.4) is 0 Å². The Morgan fingerprint density at radius 1 is 0.947 bits per heavy atom. The van der Waals surface area contributed by atoms with E-state index in [1.54, 1.807) is 0 Å². The maximum Gasteiger partial charge on any atom is 0.0724 e. The molecule has 0 fully saturated rings. The van der Waals surface area contributed by atoms with Crippen LogP contribution < -0.4 is 0 Å². The highest BCUT2D eigenvalue weighted by Crippen LogP contribution is 2.19. The molecule has 0 atom stereocenters. The largest absolute Gasteiger partial charge is 0.287 e. The number of hydrogen-bond donors (Lipinski definition) is 0. The molecule has 1 nitrogen and oxygen atoms in total. The molecule has 0 aliphatic rings. The zero-order valence-electron chi connectivity index (χ0n) is 11.7. The third-order valence-electron chi connectivity index (χ3n) is 3.19. The molecular formula is C18H19N. The highest BCUT2D eigenvalue weighted by molar-refractivity contribution is 6.15. The summed E-state index contributed by atoms with van der Waals surface area (Å²) in [5, 5.41) is 0. The van der Waals surface area contributed by atoms with E-state index in [4.69, 9.17) is 0 Å². The van der Waals surface area contributed by atoms with Crippen molar-refractivity contribution in [3.8, 4) is 0 Å². The molecule has 0 unspecified atom stereocenters. The standard InChI is InChI=1S/C18H19N/c1-4-9-15-11-6-8-13-17(15)18(19-3)16-12-7-5-10-14(16)2/h4-13H,1-3H3/b9-4-,19-18+. The predicted octanol–water partition coefficient (Wildman–Crippen LogP) is 4.50. The van der Waals surface area contributed by atoms with Crippen molar-refractivity contribution in [1.29, 1.82) is 0 Å². The molecule has 0 aliphatic heterocycles. The number of allylic oxidation sites excluding steroid dienone is 1. The molecule has 0 N–H and O–H groups in total. The summed E-state index contributed by atoms with van der Waals surface area (Å²) in [7, 11) is 1.86. The molecule has 0 amide bonds. The molecular weight excluding hydrogens is 230 g/mol. The number of benzene rings is 2. The van der Waals surface area contributed by atoms with Crippen LogP contribution >= 0.6 is 0 Å². The fraction of sp³-hybridized carbons (Fsp3) is 0.167. The van der Waals surface area contributed by atoms with Gasteiger partial charge < -0.3 is 0 Å². The zero-order valence-corrected chi connectivity index (χ0v) is 11.7. The van der Waals surface area contributed by atoms with E-state index in [1.807, 2.05) is 14.0 Å². The first-order valence-corrected chi connectivity index (χ1v) is 6.52. The third-order valence-corrected chi connectivity index (χ3v) is 3.19. The van der Waals surface area contributed by atoms with Crippen molar-refractivity contribution in [1.82, 2.24) is 0 Å². The Bertz CT molecular complexity index is 621. The molecule has 0 heterocycles. The number of aliphatic imine (C=N–C) groups is 1. The van der Waals surface area contributed by atoms with Crippen molar-refractivity contribution < 1.29 is 0 Å². The van der Waals surface area contributed by atoms with Crippen LogP contribution in [0.5, 0.6) is 0 Å². The monoisotopic (exact) mass is 249 g/mol. The van der Waals surface area contributed by atoms with E-state index in [2.05, 4.69) is 72.6 Å². The van der Waals surface area contributed by atoms with Crippen molar-refractivity contribution in [2.75, 3.05) is 7.05 Å². The Labute approximate surface area is 115 Å². The van der Waals surface area contributed by atoms with Gasteiger partial charge >= 0.3 is 0 Å². The minimum absolute atomic E-state index is 1.05. The van der Waals surface area contributed by atoms with Crippen molar-refractivity contribution in [2.45, 2.75) is 13.8 Å². The Kier molecular flexibility index (Phi) is 4.30. The van der Waals surface area contributed by atoms with E-state index >= 15 is 0 Å². The first-order chi connectivity index (χ1) is 9.27. The average Bonchev–Trinajstić information content (AvgIpc) is 2.44. The van der Waals surface area contributed by atoms with Crippen molar-refractivity contribution >= 4 is 11.8 Å². The van der Waals surface area contributed by atoms with E-state index in [9.17, 15) is 0 Å². The lowest BCUT2D eigenvalue weighted by atomic mass is 9.94. The molecule has 2 aromatic carbocycles. The van der Waals surface area contributed by atoms with Gasteiger partial charge in [-0.25, -0.2) is 0 Å². The average molecular weight is 249 g/mol. The molecule has 0 saturated carbocycles. The van der Waals surface area contributed by atoms with Gasteiger partial charge in [-0.2, -0.15) is 0 Å². The molecule has 1 heteroatoms. The van der Waals surface area contributed by atoms with Gasteiger partial charge in [0.05, 0.1) is 5.71 Å². The minimum Gasteiger partial charge on any atom is -0.287 e. The third kappa shape index (κ3) is 2.82. The molecule has 0 aromatic heterocycles. The van der Waals surface area contributed by atoms with Crippen molar-refractivity contribution in [3.63, 3.8) is 0 Å². The summed E-state index contributed by atoms with van der Waals surface area (Å²) in [4.78, 5) is 4.52. The van der Waals surface area contributed by atoms with Crippen LogP contribution in [0, 0.1) is 6.92 Å². The second-order valence-corrected chi connectivity index (χ2v) is 4.47. The summed E-state index contributed by atoms with van der Waals surface area (Å²) in [6.07, 6.45) is 4.18. The Balaban J connectivity index is 2.59. The second kappa shape index (κ2) is 6.14. The van der Waals surface area contributed by atoms with Crippen molar-refractivity contribution in [2.24, 2.45) is 4.99 Å². The molecule has 0 radical (unpaired) electrons. The predicted molar refractivity (Wildman–Crippen MR) is 83.9 cm³/mol. The number of nitrogens with zero attached hydrogens (tertiary/aromatic N) is 1. The van der Waals surface area contributed by atoms with E-state index < -0.39 is 0 Å². The molecule has 0 saturated heterocycles. The molecule has 19 heavy (non-hydrogen) atoms.